The van der Waals surface area contributed by atoms with E-state index < -0.39 is 0 Å². The van der Waals surface area contributed by atoms with Crippen molar-refractivity contribution in [3.05, 3.63) is 78.6 Å². The summed E-state index contributed by atoms with van der Waals surface area (Å²) in [4.78, 5) is 19.6. The van der Waals surface area contributed by atoms with Crippen LogP contribution in [0.25, 0.3) is 11.1 Å². The van der Waals surface area contributed by atoms with Crippen molar-refractivity contribution in [1.82, 2.24) is 9.88 Å². The molecule has 0 radical (unpaired) electrons. The summed E-state index contributed by atoms with van der Waals surface area (Å²) in [6, 6.07) is 21.9. The molecule has 2 heterocycles. The minimum absolute atomic E-state index is 0.0467. The van der Waals surface area contributed by atoms with Crippen LogP contribution in [-0.4, -0.2) is 36.0 Å². The van der Waals surface area contributed by atoms with Gasteiger partial charge in [0.25, 0.3) is 0 Å². The number of ether oxygens (including phenoxy) is 1. The number of nitrogens with one attached hydrogen (secondary N) is 1. The van der Waals surface area contributed by atoms with Crippen LogP contribution in [0.15, 0.2) is 72.9 Å². The van der Waals surface area contributed by atoms with Gasteiger partial charge in [0.1, 0.15) is 5.75 Å². The lowest BCUT2D eigenvalue weighted by atomic mass is 9.95. The number of nitrogens with zero attached hydrogens (tertiary/aromatic N) is 2. The molecule has 0 saturated carbocycles. The summed E-state index contributed by atoms with van der Waals surface area (Å²) in [6.45, 7) is 2.68. The van der Waals surface area contributed by atoms with Gasteiger partial charge in [0.2, 0.25) is 5.91 Å². The second kappa shape index (κ2) is 9.55. The minimum atomic E-state index is 0.0467. The third-order valence-corrected chi connectivity index (χ3v) is 5.60. The SMILES string of the molecule is COc1cccc(-c2cccc(NC(=O)C3CCN(Cc4ccccn4)CC3)c2)c1. The molecule has 5 heteroatoms. The maximum atomic E-state index is 12.8. The predicted octanol–water partition coefficient (Wildman–Crippen LogP) is 4.61. The van der Waals surface area contributed by atoms with Gasteiger partial charge in [-0.15, -0.1) is 0 Å². The Morgan fingerprint density at radius 3 is 2.53 bits per heavy atom. The normalized spacial score (nSPS) is 15.0. The maximum Gasteiger partial charge on any atom is 0.227 e. The van der Waals surface area contributed by atoms with E-state index >= 15 is 0 Å². The molecule has 0 atom stereocenters. The molecule has 1 aliphatic heterocycles. The fourth-order valence-electron chi connectivity index (χ4n) is 3.90. The Bertz CT molecular complexity index is 982. The zero-order valence-electron chi connectivity index (χ0n) is 17.3. The number of piperidine rings is 1. The summed E-state index contributed by atoms with van der Waals surface area (Å²) in [5.74, 6) is 0.972. The number of amides is 1. The predicted molar refractivity (Wildman–Crippen MR) is 119 cm³/mol. The van der Waals surface area contributed by atoms with Gasteiger partial charge in [-0.3, -0.25) is 14.7 Å². The van der Waals surface area contributed by atoms with Crippen molar-refractivity contribution in [2.24, 2.45) is 5.92 Å². The number of carbonyl (C=O) groups excluding carboxylic acids is 1. The van der Waals surface area contributed by atoms with Crippen molar-refractivity contribution in [3.8, 4) is 16.9 Å². The quantitative estimate of drug-likeness (QED) is 0.655. The van der Waals surface area contributed by atoms with Crippen molar-refractivity contribution in [2.45, 2.75) is 19.4 Å². The Hall–Kier alpha value is -3.18. The van der Waals surface area contributed by atoms with Crippen LogP contribution in [0.3, 0.4) is 0 Å². The van der Waals surface area contributed by atoms with Gasteiger partial charge in [-0.05, 0) is 73.5 Å². The molecule has 1 amide bonds. The molecular formula is C25H27N3O2. The zero-order chi connectivity index (χ0) is 20.8. The van der Waals surface area contributed by atoms with Crippen LogP contribution in [0.2, 0.25) is 0 Å². The molecule has 5 nitrogen and oxygen atoms in total. The summed E-state index contributed by atoms with van der Waals surface area (Å²) in [7, 11) is 1.66. The van der Waals surface area contributed by atoms with Gasteiger partial charge in [0.15, 0.2) is 0 Å². The lowest BCUT2D eigenvalue weighted by Crippen LogP contribution is -2.37. The van der Waals surface area contributed by atoms with Crippen LogP contribution in [0.1, 0.15) is 18.5 Å². The van der Waals surface area contributed by atoms with E-state index in [1.807, 2.05) is 72.9 Å². The number of hydrogen-bond donors (Lipinski definition) is 1. The molecule has 1 aromatic heterocycles. The van der Waals surface area contributed by atoms with E-state index in [0.29, 0.717) is 0 Å². The van der Waals surface area contributed by atoms with E-state index in [-0.39, 0.29) is 11.8 Å². The van der Waals surface area contributed by atoms with E-state index in [1.165, 1.54) is 0 Å². The van der Waals surface area contributed by atoms with Gasteiger partial charge < -0.3 is 10.1 Å². The Labute approximate surface area is 177 Å². The fourth-order valence-corrected chi connectivity index (χ4v) is 3.90. The number of rotatable bonds is 6. The molecular weight excluding hydrogens is 374 g/mol. The van der Waals surface area contributed by atoms with Gasteiger partial charge in [0.05, 0.1) is 12.8 Å². The van der Waals surface area contributed by atoms with Gasteiger partial charge in [-0.2, -0.15) is 0 Å². The van der Waals surface area contributed by atoms with Gasteiger partial charge in [-0.25, -0.2) is 0 Å². The van der Waals surface area contributed by atoms with E-state index in [2.05, 4.69) is 15.2 Å². The van der Waals surface area contributed by atoms with E-state index in [9.17, 15) is 4.79 Å². The number of benzene rings is 2. The standard InChI is InChI=1S/C25H27N3O2/c1-30-24-10-5-7-21(17-24)20-6-4-9-22(16-20)27-25(29)19-11-14-28(15-12-19)18-23-8-2-3-13-26-23/h2-10,13,16-17,19H,11-12,14-15,18H2,1H3,(H,27,29). The average Bonchev–Trinajstić information content (AvgIpc) is 2.80. The highest BCUT2D eigenvalue weighted by molar-refractivity contribution is 5.93. The first-order valence-electron chi connectivity index (χ1n) is 10.4. The van der Waals surface area contributed by atoms with Crippen molar-refractivity contribution in [2.75, 3.05) is 25.5 Å². The number of aromatic nitrogens is 1. The van der Waals surface area contributed by atoms with Crippen LogP contribution in [0.4, 0.5) is 5.69 Å². The number of carbonyl (C=O) groups is 1. The third kappa shape index (κ3) is 5.05. The molecule has 1 saturated heterocycles. The smallest absolute Gasteiger partial charge is 0.227 e. The molecule has 3 aromatic rings. The molecule has 0 bridgehead atoms. The number of anilines is 1. The van der Waals surface area contributed by atoms with E-state index in [4.69, 9.17) is 4.74 Å². The Morgan fingerprint density at radius 2 is 1.80 bits per heavy atom. The number of hydrogen-bond acceptors (Lipinski definition) is 4. The summed E-state index contributed by atoms with van der Waals surface area (Å²) in [6.07, 6.45) is 3.57. The second-order valence-electron chi connectivity index (χ2n) is 7.67. The topological polar surface area (TPSA) is 54.5 Å². The summed E-state index contributed by atoms with van der Waals surface area (Å²) in [5, 5.41) is 3.11. The highest BCUT2D eigenvalue weighted by Crippen LogP contribution is 2.27. The maximum absolute atomic E-state index is 12.8. The molecule has 0 unspecified atom stereocenters. The lowest BCUT2D eigenvalue weighted by molar-refractivity contribution is -0.121. The molecule has 1 aliphatic rings. The Morgan fingerprint density at radius 1 is 1.03 bits per heavy atom. The van der Waals surface area contributed by atoms with Crippen LogP contribution < -0.4 is 10.1 Å². The Balaban J connectivity index is 1.34. The number of likely N-dealkylation sites (tertiary alicyclic amines) is 1. The van der Waals surface area contributed by atoms with Crippen LogP contribution in [-0.2, 0) is 11.3 Å². The largest absolute Gasteiger partial charge is 0.497 e. The monoisotopic (exact) mass is 401 g/mol. The first kappa shape index (κ1) is 20.1. The van der Waals surface area contributed by atoms with Crippen molar-refractivity contribution in [3.63, 3.8) is 0 Å². The Kier molecular flexibility index (Phi) is 6.40. The molecule has 1 N–H and O–H groups in total. The highest BCUT2D eigenvalue weighted by Gasteiger charge is 2.25. The van der Waals surface area contributed by atoms with Crippen molar-refractivity contribution < 1.29 is 9.53 Å². The van der Waals surface area contributed by atoms with E-state index in [0.717, 1.165) is 60.7 Å². The summed E-state index contributed by atoms with van der Waals surface area (Å²) in [5.41, 5.74) is 4.02. The van der Waals surface area contributed by atoms with Crippen LogP contribution >= 0.6 is 0 Å². The molecule has 0 spiro atoms. The molecule has 4 rings (SSSR count). The lowest BCUT2D eigenvalue weighted by Gasteiger charge is -2.31. The third-order valence-electron chi connectivity index (χ3n) is 5.60. The minimum Gasteiger partial charge on any atom is -0.497 e. The molecule has 30 heavy (non-hydrogen) atoms. The van der Waals surface area contributed by atoms with Crippen LogP contribution in [0.5, 0.6) is 5.75 Å². The summed E-state index contributed by atoms with van der Waals surface area (Å²) >= 11 is 0. The van der Waals surface area contributed by atoms with Crippen molar-refractivity contribution >= 4 is 11.6 Å². The van der Waals surface area contributed by atoms with Crippen LogP contribution in [0, 0.1) is 5.92 Å². The first-order chi connectivity index (χ1) is 14.7. The molecule has 1 fully saturated rings. The van der Waals surface area contributed by atoms with Gasteiger partial charge >= 0.3 is 0 Å². The molecule has 154 valence electrons. The van der Waals surface area contributed by atoms with Gasteiger partial charge in [0, 0.05) is 24.3 Å². The number of pyridine rings is 1. The fraction of sp³-hybridized carbons (Fsp3) is 0.280. The molecule has 2 aromatic carbocycles. The zero-order valence-corrected chi connectivity index (χ0v) is 17.3. The number of methoxy groups -OCH3 is 1. The average molecular weight is 402 g/mol. The van der Waals surface area contributed by atoms with Crippen molar-refractivity contribution in [1.29, 1.82) is 0 Å². The van der Waals surface area contributed by atoms with Gasteiger partial charge in [-0.1, -0.05) is 30.3 Å². The summed E-state index contributed by atoms with van der Waals surface area (Å²) < 4.78 is 5.32. The second-order valence-corrected chi connectivity index (χ2v) is 7.67. The molecule has 0 aliphatic carbocycles. The van der Waals surface area contributed by atoms with E-state index in [1.54, 1.807) is 7.11 Å². The highest BCUT2D eigenvalue weighted by atomic mass is 16.5. The first-order valence-corrected chi connectivity index (χ1v) is 10.4.